The van der Waals surface area contributed by atoms with Gasteiger partial charge in [-0.2, -0.15) is 0 Å². The van der Waals surface area contributed by atoms with Crippen LogP contribution in [-0.4, -0.2) is 29.7 Å². The number of nitrogens with zero attached hydrogens (tertiary/aromatic N) is 1. The summed E-state index contributed by atoms with van der Waals surface area (Å²) in [6.45, 7) is 6.36. The summed E-state index contributed by atoms with van der Waals surface area (Å²) < 4.78 is 5.34. The quantitative estimate of drug-likeness (QED) is 0.722. The monoisotopic (exact) mass is 223 g/mol. The zero-order chi connectivity index (χ0) is 12.0. The highest BCUT2D eigenvalue weighted by molar-refractivity contribution is 5.03. The molecule has 90 valence electrons. The molecule has 0 fully saturated rings. The molecule has 1 aromatic rings. The van der Waals surface area contributed by atoms with Crippen LogP contribution in [0.2, 0.25) is 0 Å². The fourth-order valence-electron chi connectivity index (χ4n) is 1.64. The molecule has 16 heavy (non-hydrogen) atoms. The van der Waals surface area contributed by atoms with Crippen LogP contribution in [0, 0.1) is 0 Å². The summed E-state index contributed by atoms with van der Waals surface area (Å²) in [4.78, 5) is 2.09. The van der Waals surface area contributed by atoms with E-state index >= 15 is 0 Å². The van der Waals surface area contributed by atoms with E-state index in [4.69, 9.17) is 4.42 Å². The summed E-state index contributed by atoms with van der Waals surface area (Å²) in [6, 6.07) is 4.03. The predicted molar refractivity (Wildman–Crippen MR) is 65.2 cm³/mol. The third-order valence-electron chi connectivity index (χ3n) is 2.82. The van der Waals surface area contributed by atoms with E-state index < -0.39 is 0 Å². The van der Waals surface area contributed by atoms with Crippen molar-refractivity contribution >= 4 is 0 Å². The lowest BCUT2D eigenvalue weighted by Crippen LogP contribution is -2.31. The molecule has 0 amide bonds. The topological polar surface area (TPSA) is 36.6 Å². The Morgan fingerprint density at radius 1 is 1.62 bits per heavy atom. The molecular formula is C13H21NO2. The van der Waals surface area contributed by atoms with Gasteiger partial charge in [0.1, 0.15) is 5.76 Å². The third-order valence-corrected chi connectivity index (χ3v) is 2.82. The zero-order valence-corrected chi connectivity index (χ0v) is 10.1. The maximum absolute atomic E-state index is 9.78. The molecular weight excluding hydrogens is 202 g/mol. The van der Waals surface area contributed by atoms with E-state index in [2.05, 4.69) is 18.4 Å². The van der Waals surface area contributed by atoms with Gasteiger partial charge in [0, 0.05) is 6.54 Å². The SMILES string of the molecule is C=CCCC(O)CN(C)C(C)c1ccco1. The lowest BCUT2D eigenvalue weighted by Gasteiger charge is -2.25. The van der Waals surface area contributed by atoms with Gasteiger partial charge in [0.15, 0.2) is 0 Å². The van der Waals surface area contributed by atoms with Gasteiger partial charge in [-0.1, -0.05) is 6.08 Å². The van der Waals surface area contributed by atoms with Gasteiger partial charge in [-0.15, -0.1) is 6.58 Å². The van der Waals surface area contributed by atoms with Gasteiger partial charge in [0.25, 0.3) is 0 Å². The molecule has 0 aliphatic carbocycles. The lowest BCUT2D eigenvalue weighted by atomic mass is 10.1. The molecule has 3 nitrogen and oxygen atoms in total. The van der Waals surface area contributed by atoms with Gasteiger partial charge in [-0.25, -0.2) is 0 Å². The standard InChI is InChI=1S/C13H21NO2/c1-4-5-7-12(15)10-14(3)11(2)13-8-6-9-16-13/h4,6,8-9,11-12,15H,1,5,7,10H2,2-3H3. The Morgan fingerprint density at radius 3 is 2.94 bits per heavy atom. The molecule has 1 aromatic heterocycles. The van der Waals surface area contributed by atoms with Crippen LogP contribution in [-0.2, 0) is 0 Å². The Kier molecular flexibility index (Phi) is 5.29. The fourth-order valence-corrected chi connectivity index (χ4v) is 1.64. The molecule has 0 saturated carbocycles. The number of aliphatic hydroxyl groups excluding tert-OH is 1. The van der Waals surface area contributed by atoms with Crippen LogP contribution >= 0.6 is 0 Å². The Bertz CT molecular complexity index is 295. The molecule has 1 heterocycles. The first-order valence-corrected chi connectivity index (χ1v) is 5.67. The Hall–Kier alpha value is -1.06. The van der Waals surface area contributed by atoms with Gasteiger partial charge in [-0.05, 0) is 38.9 Å². The summed E-state index contributed by atoms with van der Waals surface area (Å²) in [6.07, 6.45) is 4.82. The van der Waals surface area contributed by atoms with Crippen LogP contribution in [0.15, 0.2) is 35.5 Å². The third kappa shape index (κ3) is 3.83. The second-order valence-electron chi connectivity index (χ2n) is 4.15. The Labute approximate surface area is 97.4 Å². The van der Waals surface area contributed by atoms with E-state index in [0.717, 1.165) is 18.6 Å². The van der Waals surface area contributed by atoms with E-state index in [1.165, 1.54) is 0 Å². The summed E-state index contributed by atoms with van der Waals surface area (Å²) in [5.74, 6) is 0.929. The summed E-state index contributed by atoms with van der Waals surface area (Å²) in [7, 11) is 1.99. The zero-order valence-electron chi connectivity index (χ0n) is 10.1. The average Bonchev–Trinajstić information content (AvgIpc) is 2.78. The van der Waals surface area contributed by atoms with Gasteiger partial charge in [0.2, 0.25) is 0 Å². The first kappa shape index (κ1) is 13.0. The molecule has 0 aromatic carbocycles. The normalized spacial score (nSPS) is 15.0. The number of hydrogen-bond acceptors (Lipinski definition) is 3. The minimum Gasteiger partial charge on any atom is -0.468 e. The smallest absolute Gasteiger partial charge is 0.120 e. The largest absolute Gasteiger partial charge is 0.468 e. The second kappa shape index (κ2) is 6.51. The van der Waals surface area contributed by atoms with Crippen molar-refractivity contribution in [2.75, 3.05) is 13.6 Å². The van der Waals surface area contributed by atoms with Crippen LogP contribution in [0.4, 0.5) is 0 Å². The average molecular weight is 223 g/mol. The molecule has 0 bridgehead atoms. The van der Waals surface area contributed by atoms with E-state index in [9.17, 15) is 5.11 Å². The van der Waals surface area contributed by atoms with Crippen molar-refractivity contribution < 1.29 is 9.52 Å². The minimum absolute atomic E-state index is 0.188. The highest BCUT2D eigenvalue weighted by Gasteiger charge is 2.16. The van der Waals surface area contributed by atoms with Crippen LogP contribution in [0.5, 0.6) is 0 Å². The van der Waals surface area contributed by atoms with Crippen LogP contribution in [0.3, 0.4) is 0 Å². The van der Waals surface area contributed by atoms with Crippen LogP contribution < -0.4 is 0 Å². The van der Waals surface area contributed by atoms with Crippen molar-refractivity contribution in [3.8, 4) is 0 Å². The van der Waals surface area contributed by atoms with Gasteiger partial charge in [0.05, 0.1) is 18.4 Å². The maximum Gasteiger partial charge on any atom is 0.120 e. The molecule has 3 heteroatoms. The molecule has 1 N–H and O–H groups in total. The number of furan rings is 1. The van der Waals surface area contributed by atoms with Crippen LogP contribution in [0.25, 0.3) is 0 Å². The first-order chi connectivity index (χ1) is 7.65. The first-order valence-electron chi connectivity index (χ1n) is 5.67. The lowest BCUT2D eigenvalue weighted by molar-refractivity contribution is 0.0964. The highest BCUT2D eigenvalue weighted by atomic mass is 16.3. The van der Waals surface area contributed by atoms with Gasteiger partial charge < -0.3 is 9.52 Å². The summed E-state index contributed by atoms with van der Waals surface area (Å²) in [5, 5.41) is 9.78. The highest BCUT2D eigenvalue weighted by Crippen LogP contribution is 2.19. The van der Waals surface area contributed by atoms with Crippen molar-refractivity contribution in [2.24, 2.45) is 0 Å². The van der Waals surface area contributed by atoms with Crippen molar-refractivity contribution in [2.45, 2.75) is 31.9 Å². The Balaban J connectivity index is 2.39. The van der Waals surface area contributed by atoms with E-state index in [0.29, 0.717) is 6.54 Å². The van der Waals surface area contributed by atoms with Crippen molar-refractivity contribution in [1.82, 2.24) is 4.90 Å². The fraction of sp³-hybridized carbons (Fsp3) is 0.538. The van der Waals surface area contributed by atoms with Gasteiger partial charge >= 0.3 is 0 Å². The van der Waals surface area contributed by atoms with E-state index in [1.807, 2.05) is 25.3 Å². The number of allylic oxidation sites excluding steroid dienone is 1. The van der Waals surface area contributed by atoms with Gasteiger partial charge in [-0.3, -0.25) is 4.90 Å². The molecule has 0 aliphatic heterocycles. The summed E-state index contributed by atoms with van der Waals surface area (Å²) >= 11 is 0. The Morgan fingerprint density at radius 2 is 2.38 bits per heavy atom. The molecule has 0 saturated heterocycles. The number of hydrogen-bond donors (Lipinski definition) is 1. The number of likely N-dealkylation sites (N-methyl/N-ethyl adjacent to an activating group) is 1. The van der Waals surface area contributed by atoms with Crippen molar-refractivity contribution in [3.63, 3.8) is 0 Å². The number of aliphatic hydroxyl groups is 1. The predicted octanol–water partition coefficient (Wildman–Crippen LogP) is 2.60. The molecule has 2 unspecified atom stereocenters. The molecule has 1 rings (SSSR count). The molecule has 0 aliphatic rings. The molecule has 2 atom stereocenters. The summed E-state index contributed by atoms with van der Waals surface area (Å²) in [5.41, 5.74) is 0. The maximum atomic E-state index is 9.78. The van der Waals surface area contributed by atoms with Crippen LogP contribution in [0.1, 0.15) is 31.6 Å². The number of rotatable bonds is 7. The molecule has 0 radical (unpaired) electrons. The van der Waals surface area contributed by atoms with E-state index in [-0.39, 0.29) is 12.1 Å². The molecule has 0 spiro atoms. The van der Waals surface area contributed by atoms with Crippen molar-refractivity contribution in [1.29, 1.82) is 0 Å². The van der Waals surface area contributed by atoms with Crippen molar-refractivity contribution in [3.05, 3.63) is 36.8 Å². The van der Waals surface area contributed by atoms with E-state index in [1.54, 1.807) is 6.26 Å². The minimum atomic E-state index is -0.305. The second-order valence-corrected chi connectivity index (χ2v) is 4.15.